The van der Waals surface area contributed by atoms with Crippen molar-refractivity contribution < 1.29 is 19.6 Å². The third-order valence-corrected chi connectivity index (χ3v) is 4.85. The number of carboxylic acid groups (broad SMARTS) is 1. The molecule has 7 heteroatoms. The molecule has 0 heterocycles. The second-order valence-corrected chi connectivity index (χ2v) is 8.76. The maximum atomic E-state index is 11.5. The van der Waals surface area contributed by atoms with Gasteiger partial charge in [0, 0.05) is 23.7 Å². The molecule has 1 aliphatic rings. The fourth-order valence-electron chi connectivity index (χ4n) is 4.54. The average molecular weight is 364 g/mol. The van der Waals surface area contributed by atoms with Crippen LogP contribution in [0.3, 0.4) is 0 Å². The number of carboxylic acids is 1. The summed E-state index contributed by atoms with van der Waals surface area (Å²) in [6, 6.07) is 2.95. The van der Waals surface area contributed by atoms with Gasteiger partial charge in [0.15, 0.2) is 0 Å². The summed E-state index contributed by atoms with van der Waals surface area (Å²) >= 11 is 0. The summed E-state index contributed by atoms with van der Waals surface area (Å²) in [6.07, 6.45) is 2.59. The first-order valence-corrected chi connectivity index (χ1v) is 8.76. The van der Waals surface area contributed by atoms with Gasteiger partial charge < -0.3 is 15.2 Å². The standard InChI is InChI=1S/C19H28N2O5/c1-18(2)9-13(10-19(3,4)11-18)20-14-8-16(26-5)12(7-17(22)23)6-15(14)21(24)25/h6,8,13,20H,7,9-11H2,1-5H3,(H,22,23). The van der Waals surface area contributed by atoms with E-state index in [0.717, 1.165) is 19.3 Å². The van der Waals surface area contributed by atoms with Crippen molar-refractivity contribution in [2.45, 2.75) is 59.4 Å². The molecule has 2 rings (SSSR count). The fraction of sp³-hybridized carbons (Fsp3) is 0.632. The molecule has 2 N–H and O–H groups in total. The quantitative estimate of drug-likeness (QED) is 0.578. The Morgan fingerprint density at radius 3 is 2.35 bits per heavy atom. The number of nitrogens with one attached hydrogen (secondary N) is 1. The Kier molecular flexibility index (Phi) is 5.49. The summed E-state index contributed by atoms with van der Waals surface area (Å²) in [6.45, 7) is 8.86. The van der Waals surface area contributed by atoms with Crippen LogP contribution >= 0.6 is 0 Å². The molecule has 0 bridgehead atoms. The van der Waals surface area contributed by atoms with Crippen LogP contribution in [0.2, 0.25) is 0 Å². The van der Waals surface area contributed by atoms with Crippen molar-refractivity contribution in [3.63, 3.8) is 0 Å². The molecule has 1 aliphatic carbocycles. The largest absolute Gasteiger partial charge is 0.496 e. The zero-order valence-corrected chi connectivity index (χ0v) is 16.1. The number of anilines is 1. The number of hydrogen-bond donors (Lipinski definition) is 2. The smallest absolute Gasteiger partial charge is 0.307 e. The van der Waals surface area contributed by atoms with E-state index in [-0.39, 0.29) is 29.0 Å². The Labute approximate surface area is 153 Å². The molecule has 1 fully saturated rings. The number of carbonyl (C=O) groups is 1. The summed E-state index contributed by atoms with van der Waals surface area (Å²) < 4.78 is 5.27. The summed E-state index contributed by atoms with van der Waals surface area (Å²) in [5.74, 6) is -0.719. The van der Waals surface area contributed by atoms with Gasteiger partial charge in [-0.05, 0) is 30.1 Å². The lowest BCUT2D eigenvalue weighted by Crippen LogP contribution is -2.40. The molecule has 0 amide bonds. The predicted octanol–water partition coefficient (Wildman–Crippen LogP) is 4.25. The maximum absolute atomic E-state index is 11.5. The third kappa shape index (κ3) is 4.86. The average Bonchev–Trinajstić information content (AvgIpc) is 2.44. The van der Waals surface area contributed by atoms with Crippen molar-refractivity contribution in [1.82, 2.24) is 0 Å². The summed E-state index contributed by atoms with van der Waals surface area (Å²) in [4.78, 5) is 22.1. The van der Waals surface area contributed by atoms with Crippen LogP contribution in [0.1, 0.15) is 52.5 Å². The van der Waals surface area contributed by atoms with Gasteiger partial charge >= 0.3 is 5.97 Å². The molecule has 144 valence electrons. The van der Waals surface area contributed by atoms with Crippen molar-refractivity contribution in [2.75, 3.05) is 12.4 Å². The molecular formula is C19H28N2O5. The van der Waals surface area contributed by atoms with Crippen molar-refractivity contribution >= 4 is 17.3 Å². The summed E-state index contributed by atoms with van der Waals surface area (Å²) in [7, 11) is 1.43. The minimum atomic E-state index is -1.06. The highest BCUT2D eigenvalue weighted by Gasteiger charge is 2.39. The Morgan fingerprint density at radius 2 is 1.88 bits per heavy atom. The third-order valence-electron chi connectivity index (χ3n) is 4.85. The molecule has 1 saturated carbocycles. The van der Waals surface area contributed by atoms with E-state index in [1.165, 1.54) is 13.2 Å². The molecule has 0 saturated heterocycles. The van der Waals surface area contributed by atoms with E-state index in [0.29, 0.717) is 17.0 Å². The number of hydrogen-bond acceptors (Lipinski definition) is 5. The van der Waals surface area contributed by atoms with Gasteiger partial charge in [0.05, 0.1) is 18.5 Å². The highest BCUT2D eigenvalue weighted by molar-refractivity contribution is 5.75. The first kappa shape index (κ1) is 20.0. The lowest BCUT2D eigenvalue weighted by atomic mass is 9.63. The van der Waals surface area contributed by atoms with Crippen LogP contribution in [-0.4, -0.2) is 29.2 Å². The first-order chi connectivity index (χ1) is 11.9. The topological polar surface area (TPSA) is 102 Å². The van der Waals surface area contributed by atoms with Gasteiger partial charge in [-0.3, -0.25) is 14.9 Å². The van der Waals surface area contributed by atoms with E-state index in [4.69, 9.17) is 9.84 Å². The highest BCUT2D eigenvalue weighted by atomic mass is 16.6. The van der Waals surface area contributed by atoms with E-state index < -0.39 is 10.9 Å². The van der Waals surface area contributed by atoms with Gasteiger partial charge in [-0.1, -0.05) is 27.7 Å². The molecule has 0 unspecified atom stereocenters. The van der Waals surface area contributed by atoms with Crippen LogP contribution in [0, 0.1) is 20.9 Å². The van der Waals surface area contributed by atoms with Gasteiger partial charge in [-0.2, -0.15) is 0 Å². The van der Waals surface area contributed by atoms with Crippen LogP contribution in [0.5, 0.6) is 5.75 Å². The van der Waals surface area contributed by atoms with E-state index >= 15 is 0 Å². The van der Waals surface area contributed by atoms with Crippen LogP contribution in [-0.2, 0) is 11.2 Å². The number of methoxy groups -OCH3 is 1. The first-order valence-electron chi connectivity index (χ1n) is 8.76. The molecule has 0 aromatic heterocycles. The molecule has 0 aliphatic heterocycles. The normalized spacial score (nSPS) is 19.0. The predicted molar refractivity (Wildman–Crippen MR) is 99.8 cm³/mol. The van der Waals surface area contributed by atoms with Crippen molar-refractivity contribution in [3.05, 3.63) is 27.8 Å². The van der Waals surface area contributed by atoms with Crippen LogP contribution in [0.15, 0.2) is 12.1 Å². The Morgan fingerprint density at radius 1 is 1.31 bits per heavy atom. The second-order valence-electron chi connectivity index (χ2n) is 8.76. The zero-order valence-electron chi connectivity index (χ0n) is 16.1. The molecule has 0 atom stereocenters. The highest BCUT2D eigenvalue weighted by Crippen LogP contribution is 2.47. The number of aliphatic carboxylic acids is 1. The molecule has 1 aromatic rings. The number of nitro groups is 1. The molecule has 0 spiro atoms. The SMILES string of the molecule is COc1cc(NC2CC(C)(C)CC(C)(C)C2)c([N+](=O)[O-])cc1CC(=O)O. The van der Waals surface area contributed by atoms with Crippen molar-refractivity contribution in [1.29, 1.82) is 0 Å². The number of rotatable bonds is 6. The van der Waals surface area contributed by atoms with Crippen LogP contribution in [0.4, 0.5) is 11.4 Å². The van der Waals surface area contributed by atoms with E-state index in [1.54, 1.807) is 6.07 Å². The minimum Gasteiger partial charge on any atom is -0.496 e. The van der Waals surface area contributed by atoms with E-state index in [9.17, 15) is 14.9 Å². The molecule has 0 radical (unpaired) electrons. The van der Waals surface area contributed by atoms with Crippen LogP contribution in [0.25, 0.3) is 0 Å². The summed E-state index contributed by atoms with van der Waals surface area (Å²) in [5, 5.41) is 23.9. The zero-order chi connectivity index (χ0) is 19.7. The molecular weight excluding hydrogens is 336 g/mol. The number of nitro benzene ring substituents is 1. The van der Waals surface area contributed by atoms with Gasteiger partial charge in [0.2, 0.25) is 0 Å². The molecule has 1 aromatic carbocycles. The fourth-order valence-corrected chi connectivity index (χ4v) is 4.54. The van der Waals surface area contributed by atoms with Crippen molar-refractivity contribution in [2.24, 2.45) is 10.8 Å². The lowest BCUT2D eigenvalue weighted by Gasteiger charge is -2.45. The Bertz CT molecular complexity index is 696. The Balaban J connectivity index is 2.38. The number of ether oxygens (including phenoxy) is 1. The maximum Gasteiger partial charge on any atom is 0.307 e. The van der Waals surface area contributed by atoms with E-state index in [1.807, 2.05) is 0 Å². The van der Waals surface area contributed by atoms with E-state index in [2.05, 4.69) is 33.0 Å². The van der Waals surface area contributed by atoms with Gasteiger partial charge in [-0.25, -0.2) is 0 Å². The Hall–Kier alpha value is -2.31. The van der Waals surface area contributed by atoms with Gasteiger partial charge in [0.1, 0.15) is 11.4 Å². The summed E-state index contributed by atoms with van der Waals surface area (Å²) in [5.41, 5.74) is 0.826. The van der Waals surface area contributed by atoms with Gasteiger partial charge in [0.25, 0.3) is 5.69 Å². The monoisotopic (exact) mass is 364 g/mol. The van der Waals surface area contributed by atoms with Crippen LogP contribution < -0.4 is 10.1 Å². The van der Waals surface area contributed by atoms with Crippen molar-refractivity contribution in [3.8, 4) is 5.75 Å². The lowest BCUT2D eigenvalue weighted by molar-refractivity contribution is -0.384. The molecule has 26 heavy (non-hydrogen) atoms. The van der Waals surface area contributed by atoms with Gasteiger partial charge in [-0.15, -0.1) is 0 Å². The number of nitrogens with zero attached hydrogens (tertiary/aromatic N) is 1. The second kappa shape index (κ2) is 7.13. The molecule has 7 nitrogen and oxygen atoms in total. The number of benzene rings is 1. The minimum absolute atomic E-state index is 0.0995.